The Balaban J connectivity index is 2.23. The number of hydrogen-bond donors (Lipinski definition) is 1. The van der Waals surface area contributed by atoms with Crippen LogP contribution in [-0.4, -0.2) is 17.0 Å². The van der Waals surface area contributed by atoms with Crippen LogP contribution in [0.3, 0.4) is 0 Å². The number of ether oxygens (including phenoxy) is 1. The van der Waals surface area contributed by atoms with E-state index in [4.69, 9.17) is 33.7 Å². The molecule has 0 aliphatic rings. The van der Waals surface area contributed by atoms with Crippen LogP contribution in [0.1, 0.15) is 57.4 Å². The minimum absolute atomic E-state index is 0.102. The van der Waals surface area contributed by atoms with Gasteiger partial charge in [-0.05, 0) is 24.1 Å². The Bertz CT molecular complexity index is 449. The van der Waals surface area contributed by atoms with Gasteiger partial charge in [0.2, 0.25) is 0 Å². The van der Waals surface area contributed by atoms with E-state index in [1.54, 1.807) is 12.1 Å². The van der Waals surface area contributed by atoms with Crippen LogP contribution in [0.15, 0.2) is 12.1 Å². The van der Waals surface area contributed by atoms with Crippen molar-refractivity contribution in [1.29, 1.82) is 0 Å². The molecule has 6 heteroatoms. The predicted molar refractivity (Wildman–Crippen MR) is 90.0 cm³/mol. The lowest BCUT2D eigenvalue weighted by molar-refractivity contribution is -0.146. The van der Waals surface area contributed by atoms with Gasteiger partial charge >= 0.3 is 5.97 Å². The highest BCUT2D eigenvalue weighted by atomic mass is 35.5. The van der Waals surface area contributed by atoms with Crippen molar-refractivity contribution in [3.05, 3.63) is 28.0 Å². The number of nitrogens with two attached hydrogens (primary N) is 1. The average Bonchev–Trinajstić information content (AvgIpc) is 2.47. The number of pyridine rings is 1. The number of carbonyl (C=O) groups is 1. The zero-order valence-corrected chi connectivity index (χ0v) is 14.5. The summed E-state index contributed by atoms with van der Waals surface area (Å²) in [4.78, 5) is 15.7. The van der Waals surface area contributed by atoms with E-state index < -0.39 is 12.0 Å². The maximum Gasteiger partial charge on any atom is 0.323 e. The molecule has 1 aromatic rings. The first-order chi connectivity index (χ1) is 10.5. The number of halogens is 2. The highest BCUT2D eigenvalue weighted by Crippen LogP contribution is 2.16. The summed E-state index contributed by atoms with van der Waals surface area (Å²) in [7, 11) is 0. The monoisotopic (exact) mass is 346 g/mol. The normalized spacial score (nSPS) is 12.2. The molecule has 124 valence electrons. The van der Waals surface area contributed by atoms with Gasteiger partial charge in [-0.15, -0.1) is 0 Å². The number of aromatic nitrogens is 1. The molecule has 0 saturated carbocycles. The molecule has 22 heavy (non-hydrogen) atoms. The van der Waals surface area contributed by atoms with E-state index in [1.807, 2.05) is 0 Å². The Hall–Kier alpha value is -0.840. The van der Waals surface area contributed by atoms with Gasteiger partial charge in [0.15, 0.2) is 0 Å². The molecule has 4 nitrogen and oxygen atoms in total. The molecule has 1 atom stereocenters. The van der Waals surface area contributed by atoms with E-state index >= 15 is 0 Å². The van der Waals surface area contributed by atoms with E-state index in [2.05, 4.69) is 11.9 Å². The fourth-order valence-corrected chi connectivity index (χ4v) is 2.63. The molecule has 0 spiro atoms. The van der Waals surface area contributed by atoms with Crippen LogP contribution in [0.2, 0.25) is 10.3 Å². The summed E-state index contributed by atoms with van der Waals surface area (Å²) in [5, 5.41) is 0.546. The van der Waals surface area contributed by atoms with Gasteiger partial charge in [-0.3, -0.25) is 4.79 Å². The zero-order valence-electron chi connectivity index (χ0n) is 13.0. The van der Waals surface area contributed by atoms with Gasteiger partial charge in [0.1, 0.15) is 23.0 Å². The van der Waals surface area contributed by atoms with Crippen molar-refractivity contribution in [2.45, 2.75) is 64.5 Å². The first-order valence-electron chi connectivity index (χ1n) is 7.77. The smallest absolute Gasteiger partial charge is 0.323 e. The van der Waals surface area contributed by atoms with Gasteiger partial charge in [0.25, 0.3) is 0 Å². The fraction of sp³-hybridized carbons (Fsp3) is 0.625. The molecule has 0 unspecified atom stereocenters. The largest absolute Gasteiger partial charge is 0.460 e. The van der Waals surface area contributed by atoms with Gasteiger partial charge in [-0.1, -0.05) is 68.7 Å². The minimum atomic E-state index is -0.570. The second-order valence-corrected chi connectivity index (χ2v) is 6.17. The third-order valence-electron chi connectivity index (χ3n) is 3.38. The third kappa shape index (κ3) is 7.97. The summed E-state index contributed by atoms with van der Waals surface area (Å²) < 4.78 is 5.19. The topological polar surface area (TPSA) is 65.2 Å². The second-order valence-electron chi connectivity index (χ2n) is 5.39. The van der Waals surface area contributed by atoms with Crippen LogP contribution in [0.5, 0.6) is 0 Å². The molecule has 1 rings (SSSR count). The number of esters is 1. The van der Waals surface area contributed by atoms with Crippen LogP contribution < -0.4 is 5.73 Å². The maximum atomic E-state index is 11.8. The highest BCUT2D eigenvalue weighted by Gasteiger charge is 2.15. The first-order valence-corrected chi connectivity index (χ1v) is 8.52. The van der Waals surface area contributed by atoms with Crippen molar-refractivity contribution >= 4 is 29.2 Å². The second kappa shape index (κ2) is 10.8. The summed E-state index contributed by atoms with van der Waals surface area (Å²) >= 11 is 11.6. The number of unbranched alkanes of at least 4 members (excludes halogenated alkanes) is 5. The lowest BCUT2D eigenvalue weighted by Gasteiger charge is -2.11. The molecule has 1 heterocycles. The van der Waals surface area contributed by atoms with Gasteiger partial charge < -0.3 is 10.5 Å². The molecule has 0 bridgehead atoms. The third-order valence-corrected chi connectivity index (χ3v) is 3.76. The van der Waals surface area contributed by atoms with Crippen LogP contribution in [0, 0.1) is 0 Å². The van der Waals surface area contributed by atoms with Crippen LogP contribution in [-0.2, 0) is 16.1 Å². The molecule has 0 saturated heterocycles. The van der Waals surface area contributed by atoms with Crippen LogP contribution in [0.4, 0.5) is 0 Å². The molecule has 0 fully saturated rings. The maximum absolute atomic E-state index is 11.8. The van der Waals surface area contributed by atoms with Gasteiger partial charge in [-0.25, -0.2) is 4.98 Å². The first kappa shape index (κ1) is 19.2. The minimum Gasteiger partial charge on any atom is -0.460 e. The van der Waals surface area contributed by atoms with Crippen molar-refractivity contribution in [1.82, 2.24) is 4.98 Å². The van der Waals surface area contributed by atoms with E-state index in [1.165, 1.54) is 25.7 Å². The van der Waals surface area contributed by atoms with Crippen LogP contribution >= 0.6 is 23.2 Å². The Morgan fingerprint density at radius 1 is 1.18 bits per heavy atom. The Morgan fingerprint density at radius 3 is 2.41 bits per heavy atom. The predicted octanol–water partition coefficient (Wildman–Crippen LogP) is 4.51. The molecule has 0 amide bonds. The number of carbonyl (C=O) groups excluding carboxylic acids is 1. The quantitative estimate of drug-likeness (QED) is 0.384. The summed E-state index contributed by atoms with van der Waals surface area (Å²) in [5.41, 5.74) is 6.54. The van der Waals surface area contributed by atoms with E-state index in [-0.39, 0.29) is 16.9 Å². The van der Waals surface area contributed by atoms with Crippen molar-refractivity contribution in [2.24, 2.45) is 5.73 Å². The van der Waals surface area contributed by atoms with Crippen molar-refractivity contribution in [3.63, 3.8) is 0 Å². The average molecular weight is 347 g/mol. The van der Waals surface area contributed by atoms with Gasteiger partial charge in [-0.2, -0.15) is 0 Å². The summed E-state index contributed by atoms with van der Waals surface area (Å²) in [5.74, 6) is -0.391. The molecule has 0 aromatic carbocycles. The molecule has 2 N–H and O–H groups in total. The molecule has 1 aromatic heterocycles. The zero-order chi connectivity index (χ0) is 16.4. The molecule has 0 radical (unpaired) electrons. The van der Waals surface area contributed by atoms with Gasteiger partial charge in [0.05, 0.1) is 0 Å². The number of nitrogens with zero attached hydrogens (tertiary/aromatic N) is 1. The van der Waals surface area contributed by atoms with Crippen molar-refractivity contribution in [2.75, 3.05) is 0 Å². The standard InChI is InChI=1S/C16H24Cl2N2O2/c1-2-3-4-5-6-7-8-13(19)16(21)22-11-12-9-14(17)20-15(18)10-12/h9-10,13H,2-8,11,19H2,1H3/t13-/m0/s1. The van der Waals surface area contributed by atoms with Crippen LogP contribution in [0.25, 0.3) is 0 Å². The summed E-state index contributed by atoms with van der Waals surface area (Å²) in [6, 6.07) is 2.65. The van der Waals surface area contributed by atoms with E-state index in [0.717, 1.165) is 12.8 Å². The Labute approximate surface area is 142 Å². The summed E-state index contributed by atoms with van der Waals surface area (Å²) in [6.45, 7) is 2.29. The van der Waals surface area contributed by atoms with Crippen molar-refractivity contribution < 1.29 is 9.53 Å². The lowest BCUT2D eigenvalue weighted by Crippen LogP contribution is -2.32. The SMILES string of the molecule is CCCCCCCC[C@H](N)C(=O)OCc1cc(Cl)nc(Cl)c1. The fourth-order valence-electron chi connectivity index (χ4n) is 2.12. The summed E-state index contributed by atoms with van der Waals surface area (Å²) in [6.07, 6.45) is 7.66. The highest BCUT2D eigenvalue weighted by molar-refractivity contribution is 6.32. The van der Waals surface area contributed by atoms with E-state index in [0.29, 0.717) is 12.0 Å². The molecule has 0 aliphatic heterocycles. The number of hydrogen-bond acceptors (Lipinski definition) is 4. The van der Waals surface area contributed by atoms with Gasteiger partial charge in [0, 0.05) is 0 Å². The van der Waals surface area contributed by atoms with E-state index in [9.17, 15) is 4.79 Å². The molecular weight excluding hydrogens is 323 g/mol. The Morgan fingerprint density at radius 2 is 1.77 bits per heavy atom. The van der Waals surface area contributed by atoms with Crippen molar-refractivity contribution in [3.8, 4) is 0 Å². The Kier molecular flexibility index (Phi) is 9.44. The molecular formula is C16H24Cl2N2O2. The molecule has 0 aliphatic carbocycles. The number of rotatable bonds is 10. The lowest BCUT2D eigenvalue weighted by atomic mass is 10.1.